The van der Waals surface area contributed by atoms with Crippen LogP contribution < -0.4 is 0 Å². The first kappa shape index (κ1) is 13.4. The summed E-state index contributed by atoms with van der Waals surface area (Å²) in [5.74, 6) is -0.118. The highest BCUT2D eigenvalue weighted by Crippen LogP contribution is 2.26. The van der Waals surface area contributed by atoms with Crippen LogP contribution in [0.5, 0.6) is 0 Å². The first-order valence-corrected chi connectivity index (χ1v) is 6.90. The lowest BCUT2D eigenvalue weighted by Crippen LogP contribution is -2.00. The van der Waals surface area contributed by atoms with Gasteiger partial charge in [-0.2, -0.15) is 0 Å². The molecule has 0 aliphatic heterocycles. The number of aromatic carboxylic acids is 1. The molecule has 0 bridgehead atoms. The van der Waals surface area contributed by atoms with Gasteiger partial charge >= 0.3 is 5.97 Å². The molecule has 3 rings (SSSR count). The summed E-state index contributed by atoms with van der Waals surface area (Å²) in [4.78, 5) is 15.8. The maximum absolute atomic E-state index is 11.1. The monoisotopic (exact) mass is 280 g/mol. The highest BCUT2D eigenvalue weighted by molar-refractivity contribution is 5.89. The molecule has 1 N–H and O–H groups in total. The number of carbonyl (C=O) groups is 1. The van der Waals surface area contributed by atoms with Crippen molar-refractivity contribution in [2.24, 2.45) is 0 Å². The number of hydrogen-bond acceptors (Lipinski definition) is 2. The second-order valence-corrected chi connectivity index (χ2v) is 5.06. The minimum Gasteiger partial charge on any atom is -0.478 e. The van der Waals surface area contributed by atoms with Gasteiger partial charge in [-0.25, -0.2) is 9.78 Å². The Balaban J connectivity index is 2.24. The second kappa shape index (κ2) is 5.05. The van der Waals surface area contributed by atoms with Gasteiger partial charge in [-0.15, -0.1) is 0 Å². The molecule has 3 aromatic rings. The van der Waals surface area contributed by atoms with Crippen molar-refractivity contribution < 1.29 is 9.90 Å². The van der Waals surface area contributed by atoms with Gasteiger partial charge in [0.2, 0.25) is 0 Å². The van der Waals surface area contributed by atoms with Gasteiger partial charge in [-0.3, -0.25) is 0 Å². The van der Waals surface area contributed by atoms with Crippen molar-refractivity contribution in [3.63, 3.8) is 0 Å². The van der Waals surface area contributed by atoms with E-state index < -0.39 is 5.97 Å². The molecule has 106 valence electrons. The van der Waals surface area contributed by atoms with Crippen molar-refractivity contribution >= 4 is 17.0 Å². The van der Waals surface area contributed by atoms with Gasteiger partial charge < -0.3 is 9.67 Å². The largest absolute Gasteiger partial charge is 0.478 e. The van der Waals surface area contributed by atoms with E-state index in [1.807, 2.05) is 19.1 Å². The van der Waals surface area contributed by atoms with Crippen LogP contribution in [0.2, 0.25) is 0 Å². The van der Waals surface area contributed by atoms with Gasteiger partial charge in [-0.05, 0) is 43.7 Å². The summed E-state index contributed by atoms with van der Waals surface area (Å²) in [6.07, 6.45) is 0. The van der Waals surface area contributed by atoms with Crippen LogP contribution >= 0.6 is 0 Å². The average Bonchev–Trinajstić information content (AvgIpc) is 2.84. The summed E-state index contributed by atoms with van der Waals surface area (Å²) in [6.45, 7) is 4.88. The van der Waals surface area contributed by atoms with E-state index in [0.717, 1.165) is 34.5 Å². The Morgan fingerprint density at radius 3 is 2.76 bits per heavy atom. The predicted octanol–water partition coefficient (Wildman–Crippen LogP) is 3.73. The molecule has 0 saturated carbocycles. The van der Waals surface area contributed by atoms with Crippen LogP contribution in [-0.2, 0) is 6.54 Å². The summed E-state index contributed by atoms with van der Waals surface area (Å²) in [5.41, 5.74) is 4.27. The molecule has 0 fully saturated rings. The lowest BCUT2D eigenvalue weighted by atomic mass is 10.1. The molecule has 0 unspecified atom stereocenters. The molecule has 1 aromatic heterocycles. The van der Waals surface area contributed by atoms with E-state index in [-0.39, 0.29) is 5.56 Å². The van der Waals surface area contributed by atoms with Gasteiger partial charge in [0.05, 0.1) is 16.6 Å². The fourth-order valence-electron chi connectivity index (χ4n) is 2.57. The van der Waals surface area contributed by atoms with Crippen molar-refractivity contribution in [3.05, 3.63) is 53.6 Å². The Morgan fingerprint density at radius 2 is 2.05 bits per heavy atom. The lowest BCUT2D eigenvalue weighted by molar-refractivity contribution is 0.0697. The zero-order valence-electron chi connectivity index (χ0n) is 12.0. The molecule has 4 nitrogen and oxygen atoms in total. The lowest BCUT2D eigenvalue weighted by Gasteiger charge is -2.06. The fraction of sp³-hybridized carbons (Fsp3) is 0.176. The van der Waals surface area contributed by atoms with Crippen molar-refractivity contribution in [1.82, 2.24) is 9.55 Å². The Labute approximate surface area is 122 Å². The third-order valence-electron chi connectivity index (χ3n) is 3.59. The highest BCUT2D eigenvalue weighted by Gasteiger charge is 2.13. The molecule has 0 spiro atoms. The summed E-state index contributed by atoms with van der Waals surface area (Å²) in [6, 6.07) is 13.1. The number of rotatable bonds is 3. The minimum absolute atomic E-state index is 0.276. The summed E-state index contributed by atoms with van der Waals surface area (Å²) in [7, 11) is 0. The molecule has 0 radical (unpaired) electrons. The number of carboxylic acids is 1. The van der Waals surface area contributed by atoms with Crippen LogP contribution in [0, 0.1) is 6.92 Å². The van der Waals surface area contributed by atoms with Crippen molar-refractivity contribution in [3.8, 4) is 11.4 Å². The Morgan fingerprint density at radius 1 is 1.24 bits per heavy atom. The van der Waals surface area contributed by atoms with Crippen molar-refractivity contribution in [1.29, 1.82) is 0 Å². The van der Waals surface area contributed by atoms with Crippen molar-refractivity contribution in [2.45, 2.75) is 20.4 Å². The van der Waals surface area contributed by atoms with E-state index in [4.69, 9.17) is 5.11 Å². The molecular weight excluding hydrogens is 264 g/mol. The molecular formula is C17H16N2O2. The molecule has 0 atom stereocenters. The van der Waals surface area contributed by atoms with Crippen LogP contribution in [-0.4, -0.2) is 20.6 Å². The van der Waals surface area contributed by atoms with Crippen LogP contribution in [0.25, 0.3) is 22.4 Å². The number of nitrogens with zero attached hydrogens (tertiary/aromatic N) is 2. The number of carboxylic acid groups (broad SMARTS) is 1. The molecule has 0 aliphatic rings. The number of aromatic nitrogens is 2. The van der Waals surface area contributed by atoms with Crippen LogP contribution in [0.15, 0.2) is 42.5 Å². The molecule has 0 amide bonds. The van der Waals surface area contributed by atoms with Gasteiger partial charge in [0.25, 0.3) is 0 Å². The summed E-state index contributed by atoms with van der Waals surface area (Å²) >= 11 is 0. The third kappa shape index (κ3) is 2.29. The quantitative estimate of drug-likeness (QED) is 0.795. The maximum Gasteiger partial charge on any atom is 0.335 e. The van der Waals surface area contributed by atoms with E-state index in [9.17, 15) is 4.79 Å². The van der Waals surface area contributed by atoms with Gasteiger partial charge in [0.1, 0.15) is 5.82 Å². The molecule has 0 saturated heterocycles. The van der Waals surface area contributed by atoms with E-state index in [2.05, 4.69) is 28.6 Å². The van der Waals surface area contributed by atoms with E-state index in [0.29, 0.717) is 0 Å². The van der Waals surface area contributed by atoms with Gasteiger partial charge in [0, 0.05) is 12.1 Å². The molecule has 1 heterocycles. The standard InChI is InChI=1S/C17H16N2O2/c1-3-19-15-8-7-11(2)9-14(15)18-16(19)12-5-4-6-13(10-12)17(20)21/h4-10H,3H2,1-2H3,(H,20,21). The van der Waals surface area contributed by atoms with Crippen molar-refractivity contribution in [2.75, 3.05) is 0 Å². The minimum atomic E-state index is -0.924. The zero-order valence-corrected chi connectivity index (χ0v) is 12.0. The van der Waals surface area contributed by atoms with Crippen LogP contribution in [0.3, 0.4) is 0 Å². The van der Waals surface area contributed by atoms with Gasteiger partial charge in [-0.1, -0.05) is 18.2 Å². The van der Waals surface area contributed by atoms with Crippen LogP contribution in [0.1, 0.15) is 22.8 Å². The predicted molar refractivity (Wildman–Crippen MR) is 82.5 cm³/mol. The zero-order chi connectivity index (χ0) is 15.0. The normalized spacial score (nSPS) is 11.0. The molecule has 2 aromatic carbocycles. The topological polar surface area (TPSA) is 55.1 Å². The maximum atomic E-state index is 11.1. The van der Waals surface area contributed by atoms with E-state index in [1.54, 1.807) is 18.2 Å². The van der Waals surface area contributed by atoms with Crippen LogP contribution in [0.4, 0.5) is 0 Å². The number of hydrogen-bond donors (Lipinski definition) is 1. The smallest absolute Gasteiger partial charge is 0.335 e. The summed E-state index contributed by atoms with van der Waals surface area (Å²) in [5, 5.41) is 9.13. The van der Waals surface area contributed by atoms with E-state index in [1.165, 1.54) is 0 Å². The van der Waals surface area contributed by atoms with E-state index >= 15 is 0 Å². The molecule has 21 heavy (non-hydrogen) atoms. The Kier molecular flexibility index (Phi) is 3.22. The SMILES string of the molecule is CCn1c(-c2cccc(C(=O)O)c2)nc2cc(C)ccc21. The number of aryl methyl sites for hydroxylation is 2. The number of benzene rings is 2. The average molecular weight is 280 g/mol. The highest BCUT2D eigenvalue weighted by atomic mass is 16.4. The first-order valence-electron chi connectivity index (χ1n) is 6.90. The number of fused-ring (bicyclic) bond motifs is 1. The molecule has 4 heteroatoms. The number of imidazole rings is 1. The fourth-order valence-corrected chi connectivity index (χ4v) is 2.57. The Hall–Kier alpha value is -2.62. The van der Waals surface area contributed by atoms with Gasteiger partial charge in [0.15, 0.2) is 0 Å². The third-order valence-corrected chi connectivity index (χ3v) is 3.59. The first-order chi connectivity index (χ1) is 10.1. The Bertz CT molecular complexity index is 834. The second-order valence-electron chi connectivity index (χ2n) is 5.06. The molecule has 0 aliphatic carbocycles. The summed E-state index contributed by atoms with van der Waals surface area (Å²) < 4.78 is 2.11.